The van der Waals surface area contributed by atoms with Crippen LogP contribution in [0.3, 0.4) is 0 Å². The van der Waals surface area contributed by atoms with E-state index in [4.69, 9.17) is 14.5 Å². The Balaban J connectivity index is 1.07. The molecule has 238 valence electrons. The highest BCUT2D eigenvalue weighted by atomic mass is 16.5. The highest BCUT2D eigenvalue weighted by Crippen LogP contribution is 2.60. The highest BCUT2D eigenvalue weighted by Gasteiger charge is 2.59. The van der Waals surface area contributed by atoms with Crippen LogP contribution >= 0.6 is 0 Å². The summed E-state index contributed by atoms with van der Waals surface area (Å²) >= 11 is 0. The van der Waals surface area contributed by atoms with E-state index in [1.165, 1.54) is 37.0 Å². The Morgan fingerprint density at radius 3 is 3.00 bits per heavy atom. The number of rotatable bonds is 15. The van der Waals surface area contributed by atoms with Crippen molar-refractivity contribution in [3.05, 3.63) is 71.4 Å². The van der Waals surface area contributed by atoms with Crippen LogP contribution in [0.1, 0.15) is 77.2 Å². The van der Waals surface area contributed by atoms with E-state index in [0.717, 1.165) is 61.9 Å². The monoisotopic (exact) mass is 602 g/mol. The van der Waals surface area contributed by atoms with Crippen molar-refractivity contribution in [2.45, 2.75) is 90.3 Å². The van der Waals surface area contributed by atoms with Gasteiger partial charge in [-0.2, -0.15) is 12.0 Å². The van der Waals surface area contributed by atoms with Gasteiger partial charge in [0.1, 0.15) is 12.2 Å². The first-order valence-electron chi connectivity index (χ1n) is 16.9. The van der Waals surface area contributed by atoms with E-state index in [0.29, 0.717) is 43.1 Å². The van der Waals surface area contributed by atoms with Gasteiger partial charge in [0.25, 0.3) is 0 Å². The van der Waals surface area contributed by atoms with Gasteiger partial charge in [-0.05, 0) is 62.6 Å². The highest BCUT2D eigenvalue weighted by molar-refractivity contribution is 6.07. The summed E-state index contributed by atoms with van der Waals surface area (Å²) in [6, 6.07) is 6.62. The van der Waals surface area contributed by atoms with Crippen molar-refractivity contribution in [2.75, 3.05) is 26.3 Å². The molecule has 2 aliphatic heterocycles. The number of nitrogens with one attached hydrogen (secondary N) is 1. The number of aliphatic imine (C=N–C) groups is 1. The topological polar surface area (TPSA) is 104 Å². The van der Waals surface area contributed by atoms with Gasteiger partial charge in [-0.3, -0.25) is 0 Å². The van der Waals surface area contributed by atoms with Gasteiger partial charge in [0.05, 0.1) is 30.4 Å². The number of allylic oxidation sites excluding steroid dienone is 3. The zero-order chi connectivity index (χ0) is 30.7. The molecule has 2 fully saturated rings. The van der Waals surface area contributed by atoms with Crippen LogP contribution in [0, 0.1) is 35.1 Å². The number of benzene rings is 1. The SMILES string of the molecule is CCCCC1OC(CCc2ccc(O)c(OCC[C+]3C=C4C(=N3)[C@H]3C=C[C@@]5(CCC[C@@H]5C3)[C@H]4CNC[C@H](C)O)c2)=C[C-]1CO. The summed E-state index contributed by atoms with van der Waals surface area (Å²) in [7, 11) is 0. The molecule has 7 heteroatoms. The fourth-order valence-electron chi connectivity index (χ4n) is 8.24. The minimum Gasteiger partial charge on any atom is -0.592 e. The quantitative estimate of drug-likeness (QED) is 0.145. The maximum absolute atomic E-state index is 10.5. The largest absolute Gasteiger partial charge is 0.592 e. The van der Waals surface area contributed by atoms with Crippen molar-refractivity contribution < 1.29 is 24.8 Å². The van der Waals surface area contributed by atoms with Crippen molar-refractivity contribution >= 4 is 5.71 Å². The van der Waals surface area contributed by atoms with Gasteiger partial charge in [0.2, 0.25) is 0 Å². The standard InChI is InChI=1S/C37H50N2O5/c1-3-4-7-34-27(23-40)19-30(44-34)10-8-25-9-11-33(42)35(17-25)43-16-13-29-20-31-32(22-38-21-24(2)41)37-14-5-6-28(37)18-26(12-15-37)36(31)39-29/h9,11-12,15,17,19-20,24,26,28,32,34,38,40-42H,3-8,10,13-14,16,18,21-23H2,1-2H3/t24-,26-,28+,32-,34?,37+/m0/s1. The minimum atomic E-state index is -0.363. The van der Waals surface area contributed by atoms with E-state index in [-0.39, 0.29) is 30.0 Å². The van der Waals surface area contributed by atoms with Crippen LogP contribution in [0.5, 0.6) is 11.5 Å². The van der Waals surface area contributed by atoms with Gasteiger partial charge in [0, 0.05) is 31.2 Å². The lowest BCUT2D eigenvalue weighted by atomic mass is 9.64. The Hall–Kier alpha value is -2.87. The smallest absolute Gasteiger partial charge is 0.196 e. The van der Waals surface area contributed by atoms with E-state index in [1.54, 1.807) is 6.07 Å². The third-order valence-electron chi connectivity index (χ3n) is 10.5. The molecule has 1 aromatic carbocycles. The first kappa shape index (κ1) is 31.1. The molecule has 2 bridgehead atoms. The lowest BCUT2D eigenvalue weighted by Crippen LogP contribution is -2.41. The summed E-state index contributed by atoms with van der Waals surface area (Å²) < 4.78 is 12.3. The van der Waals surface area contributed by atoms with Gasteiger partial charge in [-0.1, -0.05) is 56.6 Å². The lowest BCUT2D eigenvalue weighted by molar-refractivity contribution is 0.123. The number of hydrogen-bond donors (Lipinski definition) is 4. The van der Waals surface area contributed by atoms with E-state index in [2.05, 4.69) is 30.5 Å². The van der Waals surface area contributed by atoms with Gasteiger partial charge in [-0.15, -0.1) is 4.99 Å². The molecule has 1 spiro atoms. The Morgan fingerprint density at radius 2 is 2.18 bits per heavy atom. The summed E-state index contributed by atoms with van der Waals surface area (Å²) in [6.45, 7) is 5.93. The number of aliphatic hydroxyl groups excluding tert-OH is 2. The molecule has 7 rings (SSSR count). The number of phenols is 1. The second-order valence-electron chi connectivity index (χ2n) is 13.5. The van der Waals surface area contributed by atoms with Crippen molar-refractivity contribution in [1.29, 1.82) is 0 Å². The van der Waals surface area contributed by atoms with Crippen LogP contribution < -0.4 is 10.1 Å². The van der Waals surface area contributed by atoms with Crippen LogP contribution in [0.15, 0.2) is 58.8 Å². The molecular weight excluding hydrogens is 552 g/mol. The molecular formula is C37H50N2O5. The molecule has 6 aliphatic rings. The Labute approximate surface area is 263 Å². The predicted molar refractivity (Wildman–Crippen MR) is 173 cm³/mol. The number of hydrogen-bond acceptors (Lipinski definition) is 7. The number of unbranched alkanes of at least 4 members (excludes halogenated alkanes) is 1. The summed E-state index contributed by atoms with van der Waals surface area (Å²) in [5.74, 6) is 3.98. The third-order valence-corrected chi connectivity index (χ3v) is 10.5. The zero-order valence-electron chi connectivity index (χ0n) is 26.4. The third kappa shape index (κ3) is 6.42. The Kier molecular flexibility index (Phi) is 9.65. The number of nitrogens with zero attached hydrogens (tertiary/aromatic N) is 1. The molecule has 2 heterocycles. The Morgan fingerprint density at radius 1 is 1.30 bits per heavy atom. The van der Waals surface area contributed by atoms with Gasteiger partial charge in [-0.25, -0.2) is 0 Å². The van der Waals surface area contributed by atoms with Crippen molar-refractivity contribution in [2.24, 2.45) is 28.2 Å². The van der Waals surface area contributed by atoms with Crippen LogP contribution in [0.4, 0.5) is 0 Å². The normalized spacial score (nSPS) is 29.1. The van der Waals surface area contributed by atoms with E-state index in [9.17, 15) is 15.3 Å². The molecule has 0 amide bonds. The first-order chi connectivity index (χ1) is 21.4. The average Bonchev–Trinajstić information content (AvgIpc) is 3.72. The van der Waals surface area contributed by atoms with E-state index >= 15 is 0 Å². The average molecular weight is 603 g/mol. The van der Waals surface area contributed by atoms with Gasteiger partial charge in [0.15, 0.2) is 23.3 Å². The molecule has 0 aromatic heterocycles. The summed E-state index contributed by atoms with van der Waals surface area (Å²) in [5, 5.41) is 33.7. The molecule has 1 aromatic rings. The van der Waals surface area contributed by atoms with Crippen LogP contribution in [-0.4, -0.2) is 59.5 Å². The maximum atomic E-state index is 10.5. The number of aryl methyl sites for hydroxylation is 1. The first-order valence-corrected chi connectivity index (χ1v) is 16.9. The number of phenolic OH excluding ortho intramolecular Hbond substituents is 1. The van der Waals surface area contributed by atoms with Crippen molar-refractivity contribution in [3.8, 4) is 11.5 Å². The fraction of sp³-hybridized carbons (Fsp3) is 0.595. The van der Waals surface area contributed by atoms with E-state index in [1.807, 2.05) is 25.1 Å². The minimum absolute atomic E-state index is 0.00489. The molecule has 44 heavy (non-hydrogen) atoms. The van der Waals surface area contributed by atoms with Gasteiger partial charge < -0.3 is 30.1 Å². The molecule has 0 saturated heterocycles. The molecule has 6 atom stereocenters. The lowest BCUT2D eigenvalue weighted by Gasteiger charge is -2.39. The van der Waals surface area contributed by atoms with Crippen LogP contribution in [0.25, 0.3) is 0 Å². The molecule has 7 nitrogen and oxygen atoms in total. The molecule has 4 aliphatic carbocycles. The Bertz CT molecular complexity index is 1280. The zero-order valence-corrected chi connectivity index (χ0v) is 26.4. The number of aromatic hydroxyl groups is 1. The second kappa shape index (κ2) is 13.6. The second-order valence-corrected chi connectivity index (χ2v) is 13.5. The van der Waals surface area contributed by atoms with Crippen LogP contribution in [0.2, 0.25) is 0 Å². The number of aliphatic hydroxyl groups is 2. The molecule has 2 saturated carbocycles. The molecule has 4 N–H and O–H groups in total. The summed E-state index contributed by atoms with van der Waals surface area (Å²) in [6.07, 6.45) is 19.2. The molecule has 0 radical (unpaired) electrons. The van der Waals surface area contributed by atoms with E-state index < -0.39 is 0 Å². The summed E-state index contributed by atoms with van der Waals surface area (Å²) in [4.78, 5) is 5.18. The predicted octanol–water partition coefficient (Wildman–Crippen LogP) is 6.01. The number of ether oxygens (including phenoxy) is 2. The van der Waals surface area contributed by atoms with Crippen LogP contribution in [-0.2, 0) is 11.2 Å². The van der Waals surface area contributed by atoms with Crippen molar-refractivity contribution in [3.63, 3.8) is 0 Å². The fourth-order valence-corrected chi connectivity index (χ4v) is 8.24. The van der Waals surface area contributed by atoms with Gasteiger partial charge >= 0.3 is 0 Å². The molecule has 1 unspecified atom stereocenters. The maximum Gasteiger partial charge on any atom is 0.196 e. The summed E-state index contributed by atoms with van der Waals surface area (Å²) in [5.41, 5.74) is 3.88. The van der Waals surface area contributed by atoms with Crippen molar-refractivity contribution in [1.82, 2.24) is 5.32 Å².